The summed E-state index contributed by atoms with van der Waals surface area (Å²) in [5.74, 6) is 0.110. The molecule has 146 valence electrons. The lowest BCUT2D eigenvalue weighted by atomic mass is 10.1. The second-order valence-corrected chi connectivity index (χ2v) is 6.50. The Bertz CT molecular complexity index is 1280. The molecule has 2 heterocycles. The highest BCUT2D eigenvalue weighted by Gasteiger charge is 2.16. The van der Waals surface area contributed by atoms with Gasteiger partial charge in [-0.15, -0.1) is 0 Å². The van der Waals surface area contributed by atoms with Crippen LogP contribution >= 0.6 is 0 Å². The maximum atomic E-state index is 12.8. The van der Waals surface area contributed by atoms with Gasteiger partial charge in [0.05, 0.1) is 18.5 Å². The number of benzene rings is 2. The Hall–Kier alpha value is -4.37. The summed E-state index contributed by atoms with van der Waals surface area (Å²) in [4.78, 5) is 17.5. The standard InChI is InChI=1S/C24H18N4O2/c1-30-20-11-7-10-19(15-20)26-24(29)18(16-25)14-21-23(17-8-3-2-4-9-17)27-22-12-5-6-13-28(21)22/h2-15H,1H3,(H,26,29)/b18-14+. The number of anilines is 1. The third kappa shape index (κ3) is 3.77. The van der Waals surface area contributed by atoms with E-state index in [2.05, 4.69) is 5.32 Å². The number of ether oxygens (including phenoxy) is 1. The number of hydrogen-bond acceptors (Lipinski definition) is 4. The molecule has 1 N–H and O–H groups in total. The number of amides is 1. The van der Waals surface area contributed by atoms with Crippen molar-refractivity contribution in [3.8, 4) is 23.1 Å². The van der Waals surface area contributed by atoms with Gasteiger partial charge in [-0.3, -0.25) is 9.20 Å². The zero-order valence-electron chi connectivity index (χ0n) is 16.2. The molecule has 0 fully saturated rings. The molecule has 0 aliphatic heterocycles. The number of methoxy groups -OCH3 is 1. The minimum atomic E-state index is -0.504. The molecule has 6 heteroatoms. The van der Waals surface area contributed by atoms with Crippen molar-refractivity contribution in [2.75, 3.05) is 12.4 Å². The van der Waals surface area contributed by atoms with Crippen LogP contribution in [0.5, 0.6) is 5.75 Å². The SMILES string of the molecule is COc1cccc(NC(=O)/C(C#N)=C/c2c(-c3ccccc3)nc3ccccn23)c1. The van der Waals surface area contributed by atoms with Crippen LogP contribution < -0.4 is 10.1 Å². The number of carbonyl (C=O) groups is 1. The van der Waals surface area contributed by atoms with Crippen molar-refractivity contribution >= 4 is 23.3 Å². The van der Waals surface area contributed by atoms with Crippen molar-refractivity contribution in [2.45, 2.75) is 0 Å². The predicted molar refractivity (Wildman–Crippen MR) is 116 cm³/mol. The first kappa shape index (κ1) is 19.0. The molecule has 4 aromatic rings. The molecule has 0 aliphatic rings. The maximum Gasteiger partial charge on any atom is 0.266 e. The monoisotopic (exact) mass is 394 g/mol. The number of carbonyl (C=O) groups excluding carboxylic acids is 1. The Morgan fingerprint density at radius 3 is 2.67 bits per heavy atom. The number of imidazole rings is 1. The van der Waals surface area contributed by atoms with E-state index >= 15 is 0 Å². The summed E-state index contributed by atoms with van der Waals surface area (Å²) < 4.78 is 7.04. The van der Waals surface area contributed by atoms with E-state index in [1.54, 1.807) is 37.5 Å². The van der Waals surface area contributed by atoms with Crippen LogP contribution in [0, 0.1) is 11.3 Å². The van der Waals surface area contributed by atoms with Crippen LogP contribution in [0.15, 0.2) is 84.6 Å². The largest absolute Gasteiger partial charge is 0.497 e. The van der Waals surface area contributed by atoms with Gasteiger partial charge in [0.1, 0.15) is 23.0 Å². The van der Waals surface area contributed by atoms with Crippen LogP contribution in [0.4, 0.5) is 5.69 Å². The summed E-state index contributed by atoms with van der Waals surface area (Å²) in [6.45, 7) is 0. The molecule has 2 aromatic heterocycles. The summed E-state index contributed by atoms with van der Waals surface area (Å²) >= 11 is 0. The van der Waals surface area contributed by atoms with Crippen LogP contribution in [-0.2, 0) is 4.79 Å². The van der Waals surface area contributed by atoms with Gasteiger partial charge < -0.3 is 10.1 Å². The van der Waals surface area contributed by atoms with E-state index in [0.717, 1.165) is 11.2 Å². The first-order valence-corrected chi connectivity index (χ1v) is 9.29. The Balaban J connectivity index is 1.76. The number of rotatable bonds is 5. The molecule has 0 bridgehead atoms. The molecule has 0 spiro atoms. The van der Waals surface area contributed by atoms with Gasteiger partial charge in [0.2, 0.25) is 0 Å². The van der Waals surface area contributed by atoms with Crippen molar-refractivity contribution in [3.63, 3.8) is 0 Å². The van der Waals surface area contributed by atoms with E-state index in [-0.39, 0.29) is 5.57 Å². The average molecular weight is 394 g/mol. The van der Waals surface area contributed by atoms with E-state index in [0.29, 0.717) is 22.8 Å². The van der Waals surface area contributed by atoms with Crippen LogP contribution in [0.1, 0.15) is 5.69 Å². The highest BCUT2D eigenvalue weighted by molar-refractivity contribution is 6.10. The lowest BCUT2D eigenvalue weighted by molar-refractivity contribution is -0.112. The van der Waals surface area contributed by atoms with Crippen molar-refractivity contribution in [1.29, 1.82) is 5.26 Å². The van der Waals surface area contributed by atoms with Gasteiger partial charge in [0.25, 0.3) is 5.91 Å². The second-order valence-electron chi connectivity index (χ2n) is 6.50. The summed E-state index contributed by atoms with van der Waals surface area (Å²) in [5.41, 5.74) is 3.51. The molecule has 1 amide bonds. The van der Waals surface area contributed by atoms with Crippen molar-refractivity contribution in [2.24, 2.45) is 0 Å². The summed E-state index contributed by atoms with van der Waals surface area (Å²) in [7, 11) is 1.55. The molecule has 30 heavy (non-hydrogen) atoms. The fourth-order valence-electron chi connectivity index (χ4n) is 3.15. The topological polar surface area (TPSA) is 79.4 Å². The number of pyridine rings is 1. The summed E-state index contributed by atoms with van der Waals surface area (Å²) in [5, 5.41) is 12.4. The zero-order valence-corrected chi connectivity index (χ0v) is 16.2. The lowest BCUT2D eigenvalue weighted by Gasteiger charge is -2.07. The molecule has 4 rings (SSSR count). The van der Waals surface area contributed by atoms with Gasteiger partial charge >= 0.3 is 0 Å². The van der Waals surface area contributed by atoms with Crippen molar-refractivity contribution in [3.05, 3.63) is 90.3 Å². The third-order valence-corrected chi connectivity index (χ3v) is 4.59. The van der Waals surface area contributed by atoms with Crippen LogP contribution in [0.3, 0.4) is 0 Å². The molecule has 0 unspecified atom stereocenters. The van der Waals surface area contributed by atoms with Crippen molar-refractivity contribution < 1.29 is 9.53 Å². The number of nitriles is 1. The first-order chi connectivity index (χ1) is 14.7. The molecular weight excluding hydrogens is 376 g/mol. The van der Waals surface area contributed by atoms with Crippen LogP contribution in [0.25, 0.3) is 23.0 Å². The van der Waals surface area contributed by atoms with Gasteiger partial charge in [-0.25, -0.2) is 4.98 Å². The van der Waals surface area contributed by atoms with Gasteiger partial charge in [0.15, 0.2) is 0 Å². The van der Waals surface area contributed by atoms with E-state index in [9.17, 15) is 10.1 Å². The third-order valence-electron chi connectivity index (χ3n) is 4.59. The van der Waals surface area contributed by atoms with Crippen LogP contribution in [-0.4, -0.2) is 22.4 Å². The number of hydrogen-bond donors (Lipinski definition) is 1. The molecular formula is C24H18N4O2. The minimum Gasteiger partial charge on any atom is -0.497 e. The molecule has 6 nitrogen and oxygen atoms in total. The van der Waals surface area contributed by atoms with Crippen molar-refractivity contribution in [1.82, 2.24) is 9.38 Å². The first-order valence-electron chi connectivity index (χ1n) is 9.29. The fourth-order valence-corrected chi connectivity index (χ4v) is 3.15. The average Bonchev–Trinajstić information content (AvgIpc) is 3.16. The van der Waals surface area contributed by atoms with Crippen LogP contribution in [0.2, 0.25) is 0 Å². The quantitative estimate of drug-likeness (QED) is 0.398. The number of nitrogens with zero attached hydrogens (tertiary/aromatic N) is 3. The molecule has 0 saturated carbocycles. The van der Waals surface area contributed by atoms with Gasteiger partial charge in [-0.2, -0.15) is 5.26 Å². The molecule has 0 saturated heterocycles. The Morgan fingerprint density at radius 1 is 1.10 bits per heavy atom. The number of fused-ring (bicyclic) bond motifs is 1. The van der Waals surface area contributed by atoms with E-state index < -0.39 is 5.91 Å². The van der Waals surface area contributed by atoms with E-state index in [4.69, 9.17) is 9.72 Å². The number of nitrogens with one attached hydrogen (secondary N) is 1. The Labute approximate surface area is 173 Å². The number of aromatic nitrogens is 2. The highest BCUT2D eigenvalue weighted by atomic mass is 16.5. The molecule has 0 radical (unpaired) electrons. The van der Waals surface area contributed by atoms with E-state index in [1.807, 2.05) is 65.2 Å². The normalized spacial score (nSPS) is 11.1. The summed E-state index contributed by atoms with van der Waals surface area (Å²) in [6, 6.07) is 24.3. The lowest BCUT2D eigenvalue weighted by Crippen LogP contribution is -2.13. The predicted octanol–water partition coefficient (Wildman–Crippen LogP) is 4.56. The van der Waals surface area contributed by atoms with Gasteiger partial charge in [0, 0.05) is 23.5 Å². The minimum absolute atomic E-state index is 0.0272. The second kappa shape index (κ2) is 8.33. The molecule has 0 atom stereocenters. The summed E-state index contributed by atoms with van der Waals surface area (Å²) in [6.07, 6.45) is 3.42. The molecule has 2 aromatic carbocycles. The Morgan fingerprint density at radius 2 is 1.90 bits per heavy atom. The highest BCUT2D eigenvalue weighted by Crippen LogP contribution is 2.26. The van der Waals surface area contributed by atoms with E-state index in [1.165, 1.54) is 0 Å². The fraction of sp³-hybridized carbons (Fsp3) is 0.0417. The zero-order chi connectivity index (χ0) is 20.9. The Kier molecular flexibility index (Phi) is 5.27. The maximum absolute atomic E-state index is 12.8. The van der Waals surface area contributed by atoms with Gasteiger partial charge in [-0.1, -0.05) is 42.5 Å². The van der Waals surface area contributed by atoms with Gasteiger partial charge in [-0.05, 0) is 30.3 Å². The smallest absolute Gasteiger partial charge is 0.266 e. The molecule has 0 aliphatic carbocycles.